The Morgan fingerprint density at radius 2 is 2.15 bits per heavy atom. The molecule has 0 aliphatic carbocycles. The fourth-order valence-corrected chi connectivity index (χ4v) is 3.88. The number of rotatable bonds is 3. The van der Waals surface area contributed by atoms with Gasteiger partial charge in [0, 0.05) is 23.3 Å². The van der Waals surface area contributed by atoms with Crippen molar-refractivity contribution in [3.8, 4) is 5.75 Å². The lowest BCUT2D eigenvalue weighted by Gasteiger charge is -2.35. The predicted molar refractivity (Wildman–Crippen MR) is 78.9 cm³/mol. The van der Waals surface area contributed by atoms with Crippen LogP contribution in [0.25, 0.3) is 0 Å². The van der Waals surface area contributed by atoms with Gasteiger partial charge < -0.3 is 9.84 Å². The zero-order valence-corrected chi connectivity index (χ0v) is 12.2. The molecule has 1 aromatic carbocycles. The number of thiophene rings is 1. The largest absolute Gasteiger partial charge is 0.493 e. The van der Waals surface area contributed by atoms with E-state index in [0.29, 0.717) is 29.5 Å². The lowest BCUT2D eigenvalue weighted by molar-refractivity contribution is -0.145. The van der Waals surface area contributed by atoms with Crippen LogP contribution in [0, 0.1) is 0 Å². The van der Waals surface area contributed by atoms with E-state index in [1.165, 1.54) is 11.3 Å². The Morgan fingerprint density at radius 1 is 1.35 bits per heavy atom. The molecule has 1 atom stereocenters. The first kappa shape index (κ1) is 13.5. The van der Waals surface area contributed by atoms with Gasteiger partial charge in [0.15, 0.2) is 0 Å². The number of fused-ring (bicyclic) bond motifs is 1. The van der Waals surface area contributed by atoms with Gasteiger partial charge in [-0.2, -0.15) is 0 Å². The zero-order valence-electron chi connectivity index (χ0n) is 10.6. The molecule has 3 rings (SSSR count). The summed E-state index contributed by atoms with van der Waals surface area (Å²) in [4.78, 5) is 12.9. The van der Waals surface area contributed by atoms with Crippen LogP contribution >= 0.6 is 22.9 Å². The molecular formula is C15H13ClO3S. The molecule has 0 fully saturated rings. The van der Waals surface area contributed by atoms with Crippen molar-refractivity contribution >= 4 is 28.9 Å². The minimum absolute atomic E-state index is 0.419. The second-order valence-electron chi connectivity index (χ2n) is 4.86. The number of halogens is 1. The van der Waals surface area contributed by atoms with E-state index < -0.39 is 11.4 Å². The molecule has 1 unspecified atom stereocenters. The number of benzene rings is 1. The molecule has 0 amide bonds. The van der Waals surface area contributed by atoms with E-state index in [0.717, 1.165) is 10.4 Å². The maximum absolute atomic E-state index is 12.0. The van der Waals surface area contributed by atoms with Crippen molar-refractivity contribution in [1.29, 1.82) is 0 Å². The van der Waals surface area contributed by atoms with E-state index in [1.54, 1.807) is 0 Å². The number of aliphatic carboxylic acids is 1. The highest BCUT2D eigenvalue weighted by Crippen LogP contribution is 2.42. The number of ether oxygens (including phenoxy) is 1. The van der Waals surface area contributed by atoms with E-state index in [2.05, 4.69) is 0 Å². The first-order valence-electron chi connectivity index (χ1n) is 6.32. The van der Waals surface area contributed by atoms with Gasteiger partial charge >= 0.3 is 5.97 Å². The maximum Gasteiger partial charge on any atom is 0.314 e. The molecule has 2 heterocycles. The second-order valence-corrected chi connectivity index (χ2v) is 6.66. The molecule has 5 heteroatoms. The van der Waals surface area contributed by atoms with E-state index in [4.69, 9.17) is 16.3 Å². The van der Waals surface area contributed by atoms with Crippen LogP contribution in [0.4, 0.5) is 0 Å². The van der Waals surface area contributed by atoms with Gasteiger partial charge in [0.25, 0.3) is 0 Å². The molecule has 0 bridgehead atoms. The Labute approximate surface area is 125 Å². The standard InChI is InChI=1S/C15H13ClO3S/c16-13-6-5-10(20-13)9-15(14(17)18)7-8-19-12-4-2-1-3-11(12)15/h1-6H,7-9H2,(H,17,18). The number of para-hydroxylation sites is 1. The third-order valence-corrected chi connectivity index (χ3v) is 4.93. The highest BCUT2D eigenvalue weighted by molar-refractivity contribution is 7.16. The van der Waals surface area contributed by atoms with Crippen molar-refractivity contribution in [1.82, 2.24) is 0 Å². The van der Waals surface area contributed by atoms with E-state index >= 15 is 0 Å². The smallest absolute Gasteiger partial charge is 0.314 e. The number of hydrogen-bond donors (Lipinski definition) is 1. The topological polar surface area (TPSA) is 46.5 Å². The SMILES string of the molecule is O=C(O)C1(Cc2ccc(Cl)s2)CCOc2ccccc21. The summed E-state index contributed by atoms with van der Waals surface area (Å²) in [5.41, 5.74) is -0.175. The van der Waals surface area contributed by atoms with Crippen LogP contribution in [0.5, 0.6) is 5.75 Å². The minimum atomic E-state index is -0.928. The third kappa shape index (κ3) is 2.19. The van der Waals surface area contributed by atoms with Crippen molar-refractivity contribution < 1.29 is 14.6 Å². The van der Waals surface area contributed by atoms with Gasteiger partial charge in [-0.3, -0.25) is 4.79 Å². The Hall–Kier alpha value is -1.52. The first-order chi connectivity index (χ1) is 9.62. The highest BCUT2D eigenvalue weighted by Gasteiger charge is 2.45. The molecule has 1 aliphatic heterocycles. The first-order valence-corrected chi connectivity index (χ1v) is 7.51. The number of carboxylic acids is 1. The maximum atomic E-state index is 12.0. The summed E-state index contributed by atoms with van der Waals surface area (Å²) >= 11 is 7.38. The summed E-state index contributed by atoms with van der Waals surface area (Å²) < 4.78 is 6.27. The number of carbonyl (C=O) groups is 1. The van der Waals surface area contributed by atoms with Crippen molar-refractivity contribution in [2.45, 2.75) is 18.3 Å². The predicted octanol–water partition coefficient (Wildman–Crippen LogP) is 3.75. The molecular weight excluding hydrogens is 296 g/mol. The molecule has 20 heavy (non-hydrogen) atoms. The fourth-order valence-electron chi connectivity index (χ4n) is 2.68. The normalized spacial score (nSPS) is 21.1. The monoisotopic (exact) mass is 308 g/mol. The fraction of sp³-hybridized carbons (Fsp3) is 0.267. The van der Waals surface area contributed by atoms with E-state index in [-0.39, 0.29) is 0 Å². The second kappa shape index (κ2) is 5.11. The van der Waals surface area contributed by atoms with Crippen LogP contribution in [0.2, 0.25) is 4.34 Å². The average Bonchev–Trinajstić information content (AvgIpc) is 2.84. The van der Waals surface area contributed by atoms with Gasteiger partial charge in [-0.05, 0) is 18.2 Å². The Bertz CT molecular complexity index is 652. The van der Waals surface area contributed by atoms with Crippen molar-refractivity contribution in [2.75, 3.05) is 6.61 Å². The van der Waals surface area contributed by atoms with Crippen LogP contribution in [0.1, 0.15) is 16.9 Å². The lowest BCUT2D eigenvalue weighted by Crippen LogP contribution is -2.42. The van der Waals surface area contributed by atoms with Crippen LogP contribution in [0.15, 0.2) is 36.4 Å². The van der Waals surface area contributed by atoms with Crippen LogP contribution in [-0.4, -0.2) is 17.7 Å². The highest BCUT2D eigenvalue weighted by atomic mass is 35.5. The summed E-state index contributed by atoms with van der Waals surface area (Å²) in [6.45, 7) is 0.419. The summed E-state index contributed by atoms with van der Waals surface area (Å²) in [7, 11) is 0. The van der Waals surface area contributed by atoms with Crippen molar-refractivity contribution in [3.05, 3.63) is 51.2 Å². The molecule has 1 aromatic heterocycles. The molecule has 0 saturated carbocycles. The number of hydrogen-bond acceptors (Lipinski definition) is 3. The molecule has 0 radical (unpaired) electrons. The average molecular weight is 309 g/mol. The van der Waals surface area contributed by atoms with Gasteiger partial charge in [0.05, 0.1) is 10.9 Å². The molecule has 1 N–H and O–H groups in total. The third-order valence-electron chi connectivity index (χ3n) is 3.70. The van der Waals surface area contributed by atoms with Crippen molar-refractivity contribution in [2.24, 2.45) is 0 Å². The van der Waals surface area contributed by atoms with Crippen LogP contribution in [0.3, 0.4) is 0 Å². The summed E-state index contributed by atoms with van der Waals surface area (Å²) in [5, 5.41) is 9.82. The Kier molecular flexibility index (Phi) is 3.44. The Balaban J connectivity index is 2.07. The van der Waals surface area contributed by atoms with Gasteiger partial charge in [-0.25, -0.2) is 0 Å². The van der Waals surface area contributed by atoms with Gasteiger partial charge in [0.2, 0.25) is 0 Å². The number of carboxylic acid groups (broad SMARTS) is 1. The molecule has 0 spiro atoms. The molecule has 2 aromatic rings. The van der Waals surface area contributed by atoms with Crippen LogP contribution in [-0.2, 0) is 16.6 Å². The quantitative estimate of drug-likeness (QED) is 0.939. The summed E-state index contributed by atoms with van der Waals surface area (Å²) in [5.74, 6) is -0.137. The molecule has 0 saturated heterocycles. The molecule has 104 valence electrons. The van der Waals surface area contributed by atoms with E-state index in [1.807, 2.05) is 36.4 Å². The molecule has 3 nitrogen and oxygen atoms in total. The molecule has 1 aliphatic rings. The minimum Gasteiger partial charge on any atom is -0.493 e. The van der Waals surface area contributed by atoms with Crippen LogP contribution < -0.4 is 4.74 Å². The van der Waals surface area contributed by atoms with E-state index in [9.17, 15) is 9.90 Å². The van der Waals surface area contributed by atoms with Gasteiger partial charge in [-0.15, -0.1) is 11.3 Å². The summed E-state index contributed by atoms with van der Waals surface area (Å²) in [6.07, 6.45) is 0.912. The van der Waals surface area contributed by atoms with Crippen molar-refractivity contribution in [3.63, 3.8) is 0 Å². The summed E-state index contributed by atoms with van der Waals surface area (Å²) in [6, 6.07) is 11.1. The van der Waals surface area contributed by atoms with Gasteiger partial charge in [0.1, 0.15) is 11.2 Å². The van der Waals surface area contributed by atoms with Gasteiger partial charge in [-0.1, -0.05) is 29.8 Å². The Morgan fingerprint density at radius 3 is 2.85 bits per heavy atom. The zero-order chi connectivity index (χ0) is 14.2. The lowest BCUT2D eigenvalue weighted by atomic mass is 9.73.